The third-order valence-corrected chi connectivity index (χ3v) is 4.69. The third-order valence-electron chi connectivity index (χ3n) is 3.98. The number of nitrogens with zero attached hydrogens (tertiary/aromatic N) is 1. The number of thioether (sulfide) groups is 1. The van der Waals surface area contributed by atoms with Crippen molar-refractivity contribution in [2.75, 3.05) is 11.6 Å². The molecule has 0 radical (unpaired) electrons. The van der Waals surface area contributed by atoms with Gasteiger partial charge in [-0.3, -0.25) is 4.79 Å². The molecule has 1 amide bonds. The number of rotatable bonds is 7. The molecule has 0 aliphatic heterocycles. The van der Waals surface area contributed by atoms with Crippen molar-refractivity contribution in [2.45, 2.75) is 18.1 Å². The van der Waals surface area contributed by atoms with Crippen LogP contribution in [-0.4, -0.2) is 23.8 Å². The Morgan fingerprint density at radius 3 is 2.64 bits per heavy atom. The van der Waals surface area contributed by atoms with Gasteiger partial charge in [0.1, 0.15) is 10.8 Å². The first-order valence-corrected chi connectivity index (χ1v) is 9.71. The first-order chi connectivity index (χ1) is 13.6. The van der Waals surface area contributed by atoms with E-state index in [4.69, 9.17) is 0 Å². The molecule has 1 aromatic heterocycles. The van der Waals surface area contributed by atoms with Crippen molar-refractivity contribution in [1.82, 2.24) is 4.98 Å². The summed E-state index contributed by atoms with van der Waals surface area (Å²) in [6.07, 6.45) is 3.86. The normalized spacial score (nSPS) is 10.7. The smallest absolute Gasteiger partial charge is 0.387 e. The largest absolute Gasteiger partial charge is 0.435 e. The molecule has 3 aromatic rings. The summed E-state index contributed by atoms with van der Waals surface area (Å²) in [6.45, 7) is -2.92. The molecule has 0 aliphatic rings. The van der Waals surface area contributed by atoms with Crippen LogP contribution in [0.2, 0.25) is 0 Å². The van der Waals surface area contributed by atoms with E-state index in [0.29, 0.717) is 28.3 Å². The minimum atomic E-state index is -2.92. The van der Waals surface area contributed by atoms with Crippen LogP contribution >= 0.6 is 11.8 Å². The van der Waals surface area contributed by atoms with Crippen molar-refractivity contribution in [3.63, 3.8) is 0 Å². The van der Waals surface area contributed by atoms with E-state index in [9.17, 15) is 13.6 Å². The maximum absolute atomic E-state index is 12.8. The molecule has 0 atom stereocenters. The van der Waals surface area contributed by atoms with Gasteiger partial charge in [-0.2, -0.15) is 8.78 Å². The van der Waals surface area contributed by atoms with Gasteiger partial charge < -0.3 is 10.1 Å². The van der Waals surface area contributed by atoms with Crippen molar-refractivity contribution in [2.24, 2.45) is 0 Å². The quantitative estimate of drug-likeness (QED) is 0.551. The Bertz CT molecular complexity index is 952. The number of anilines is 1. The summed E-state index contributed by atoms with van der Waals surface area (Å²) in [4.78, 5) is 16.8. The Hall–Kier alpha value is -2.93. The van der Waals surface area contributed by atoms with Gasteiger partial charge in [0.15, 0.2) is 0 Å². The van der Waals surface area contributed by atoms with Crippen LogP contribution in [0, 0.1) is 0 Å². The van der Waals surface area contributed by atoms with Crippen LogP contribution < -0.4 is 10.1 Å². The lowest BCUT2D eigenvalue weighted by molar-refractivity contribution is -0.0503. The Labute approximate surface area is 166 Å². The number of hydrogen-bond acceptors (Lipinski definition) is 4. The number of carbonyl (C=O) groups excluding carboxylic acids is 1. The highest BCUT2D eigenvalue weighted by Gasteiger charge is 2.15. The molecule has 0 spiro atoms. The molecule has 0 fully saturated rings. The first-order valence-electron chi connectivity index (χ1n) is 8.49. The SMILES string of the molecule is CSc1ncccc1C(=O)Nc1ccc(OC(F)F)c(Cc2ccccc2)c1. The predicted molar refractivity (Wildman–Crippen MR) is 106 cm³/mol. The Morgan fingerprint density at radius 1 is 1.14 bits per heavy atom. The fourth-order valence-corrected chi connectivity index (χ4v) is 3.29. The average Bonchev–Trinajstić information content (AvgIpc) is 2.70. The molecule has 0 saturated carbocycles. The fraction of sp³-hybridized carbons (Fsp3) is 0.143. The number of halogens is 2. The maximum Gasteiger partial charge on any atom is 0.387 e. The van der Waals surface area contributed by atoms with Crippen molar-refractivity contribution in [1.29, 1.82) is 0 Å². The van der Waals surface area contributed by atoms with Crippen LogP contribution in [0.25, 0.3) is 0 Å². The van der Waals surface area contributed by atoms with E-state index in [0.717, 1.165) is 5.56 Å². The molecule has 0 unspecified atom stereocenters. The van der Waals surface area contributed by atoms with Gasteiger partial charge >= 0.3 is 6.61 Å². The summed E-state index contributed by atoms with van der Waals surface area (Å²) in [7, 11) is 0. The fourth-order valence-electron chi connectivity index (χ4n) is 2.75. The van der Waals surface area contributed by atoms with E-state index in [1.165, 1.54) is 17.8 Å². The monoisotopic (exact) mass is 400 g/mol. The number of ether oxygens (including phenoxy) is 1. The third kappa shape index (κ3) is 5.07. The zero-order valence-electron chi connectivity index (χ0n) is 15.1. The van der Waals surface area contributed by atoms with Gasteiger partial charge in [-0.25, -0.2) is 4.98 Å². The molecule has 0 saturated heterocycles. The molecule has 1 N–H and O–H groups in total. The minimum absolute atomic E-state index is 0.0861. The topological polar surface area (TPSA) is 51.2 Å². The second-order valence-corrected chi connectivity index (χ2v) is 6.67. The number of carbonyl (C=O) groups is 1. The van der Waals surface area contributed by atoms with Crippen LogP contribution in [0.15, 0.2) is 71.9 Å². The molecular formula is C21H18F2N2O2S. The molecule has 28 heavy (non-hydrogen) atoms. The van der Waals surface area contributed by atoms with Gasteiger partial charge in [0, 0.05) is 23.9 Å². The summed E-state index contributed by atoms with van der Waals surface area (Å²) in [5.41, 5.74) is 2.45. The van der Waals surface area contributed by atoms with Crippen LogP contribution in [0.4, 0.5) is 14.5 Å². The van der Waals surface area contributed by atoms with E-state index in [1.54, 1.807) is 30.5 Å². The molecule has 144 valence electrons. The highest BCUT2D eigenvalue weighted by Crippen LogP contribution is 2.28. The van der Waals surface area contributed by atoms with Gasteiger partial charge in [0.05, 0.1) is 5.56 Å². The Balaban J connectivity index is 1.87. The molecular weight excluding hydrogens is 382 g/mol. The highest BCUT2D eigenvalue weighted by atomic mass is 32.2. The second-order valence-electron chi connectivity index (χ2n) is 5.88. The van der Waals surface area contributed by atoms with Gasteiger partial charge in [-0.05, 0) is 42.2 Å². The number of amides is 1. The van der Waals surface area contributed by atoms with Crippen molar-refractivity contribution in [3.8, 4) is 5.75 Å². The standard InChI is InChI=1S/C21H18F2N2O2S/c1-28-20-17(8-5-11-24-20)19(26)25-16-9-10-18(27-21(22)23)15(13-16)12-14-6-3-2-4-7-14/h2-11,13,21H,12H2,1H3,(H,25,26). The van der Waals surface area contributed by atoms with E-state index >= 15 is 0 Å². The van der Waals surface area contributed by atoms with Crippen LogP contribution in [0.3, 0.4) is 0 Å². The molecule has 0 aliphatic carbocycles. The molecule has 7 heteroatoms. The van der Waals surface area contributed by atoms with E-state index < -0.39 is 6.61 Å². The maximum atomic E-state index is 12.8. The summed E-state index contributed by atoms with van der Waals surface area (Å²) in [6, 6.07) is 17.4. The van der Waals surface area contributed by atoms with Crippen molar-refractivity contribution < 1.29 is 18.3 Å². The Kier molecular flexibility index (Phi) is 6.60. The summed E-state index contributed by atoms with van der Waals surface area (Å²) < 4.78 is 30.1. The zero-order chi connectivity index (χ0) is 19.9. The number of hydrogen-bond donors (Lipinski definition) is 1. The lowest BCUT2D eigenvalue weighted by Crippen LogP contribution is -2.14. The lowest BCUT2D eigenvalue weighted by atomic mass is 10.0. The van der Waals surface area contributed by atoms with Gasteiger partial charge in [0.25, 0.3) is 5.91 Å². The van der Waals surface area contributed by atoms with E-state index in [2.05, 4.69) is 15.0 Å². The summed E-state index contributed by atoms with van der Waals surface area (Å²) in [5.74, 6) is -0.228. The zero-order valence-corrected chi connectivity index (χ0v) is 15.9. The number of alkyl halides is 2. The number of benzene rings is 2. The molecule has 2 aromatic carbocycles. The van der Waals surface area contributed by atoms with Crippen LogP contribution in [-0.2, 0) is 6.42 Å². The number of nitrogens with one attached hydrogen (secondary N) is 1. The van der Waals surface area contributed by atoms with Crippen LogP contribution in [0.1, 0.15) is 21.5 Å². The van der Waals surface area contributed by atoms with Gasteiger partial charge in [-0.15, -0.1) is 11.8 Å². The first kappa shape index (κ1) is 19.8. The van der Waals surface area contributed by atoms with E-state index in [-0.39, 0.29) is 11.7 Å². The van der Waals surface area contributed by atoms with Crippen molar-refractivity contribution >= 4 is 23.4 Å². The molecule has 4 nitrogen and oxygen atoms in total. The number of pyridine rings is 1. The lowest BCUT2D eigenvalue weighted by Gasteiger charge is -2.14. The Morgan fingerprint density at radius 2 is 1.93 bits per heavy atom. The van der Waals surface area contributed by atoms with E-state index in [1.807, 2.05) is 36.6 Å². The summed E-state index contributed by atoms with van der Waals surface area (Å²) in [5, 5.41) is 3.42. The molecule has 0 bridgehead atoms. The molecule has 3 rings (SSSR count). The van der Waals surface area contributed by atoms with Gasteiger partial charge in [0.2, 0.25) is 0 Å². The second kappa shape index (κ2) is 9.32. The number of aromatic nitrogens is 1. The average molecular weight is 400 g/mol. The predicted octanol–water partition coefficient (Wildman–Crippen LogP) is 5.25. The van der Waals surface area contributed by atoms with Gasteiger partial charge in [-0.1, -0.05) is 30.3 Å². The highest BCUT2D eigenvalue weighted by molar-refractivity contribution is 7.98. The van der Waals surface area contributed by atoms with Crippen LogP contribution in [0.5, 0.6) is 5.75 Å². The minimum Gasteiger partial charge on any atom is -0.435 e. The molecule has 1 heterocycles. The summed E-state index contributed by atoms with van der Waals surface area (Å²) >= 11 is 1.37. The van der Waals surface area contributed by atoms with Crippen molar-refractivity contribution in [3.05, 3.63) is 83.6 Å².